The van der Waals surface area contributed by atoms with Crippen LogP contribution in [0.5, 0.6) is 5.75 Å². The lowest BCUT2D eigenvalue weighted by atomic mass is 9.95. The van der Waals surface area contributed by atoms with Crippen molar-refractivity contribution < 1.29 is 19.4 Å². The molecule has 6 heteroatoms. The quantitative estimate of drug-likeness (QED) is 0.337. The summed E-state index contributed by atoms with van der Waals surface area (Å²) in [6, 6.07) is 15.3. The van der Waals surface area contributed by atoms with Crippen LogP contribution in [-0.4, -0.2) is 27.9 Å². The molecule has 1 aromatic heterocycles. The molecule has 2 heterocycles. The van der Waals surface area contributed by atoms with E-state index in [2.05, 4.69) is 4.98 Å². The molecule has 33 heavy (non-hydrogen) atoms. The van der Waals surface area contributed by atoms with Gasteiger partial charge in [0, 0.05) is 23.6 Å². The summed E-state index contributed by atoms with van der Waals surface area (Å²) in [6.07, 6.45) is 3.24. The van der Waals surface area contributed by atoms with E-state index in [9.17, 15) is 14.7 Å². The van der Waals surface area contributed by atoms with Crippen LogP contribution in [0.1, 0.15) is 42.1 Å². The molecule has 1 unspecified atom stereocenters. The van der Waals surface area contributed by atoms with Crippen molar-refractivity contribution in [1.29, 1.82) is 0 Å². The fraction of sp³-hybridized carbons (Fsp3) is 0.222. The molecule has 3 aromatic rings. The molecule has 1 N–H and O–H groups in total. The van der Waals surface area contributed by atoms with Gasteiger partial charge in [-0.25, -0.2) is 0 Å². The van der Waals surface area contributed by atoms with Crippen molar-refractivity contribution >= 4 is 23.1 Å². The first-order valence-electron chi connectivity index (χ1n) is 10.8. The van der Waals surface area contributed by atoms with Gasteiger partial charge in [0.05, 0.1) is 17.7 Å². The van der Waals surface area contributed by atoms with E-state index in [1.54, 1.807) is 48.8 Å². The molecule has 1 fully saturated rings. The number of carbonyl (C=O) groups is 2. The summed E-state index contributed by atoms with van der Waals surface area (Å²) in [4.78, 5) is 32.1. The Kier molecular flexibility index (Phi) is 6.01. The summed E-state index contributed by atoms with van der Waals surface area (Å²) in [7, 11) is 0. The number of rotatable bonds is 5. The van der Waals surface area contributed by atoms with Crippen molar-refractivity contribution in [3.05, 3.63) is 94.8 Å². The second-order valence-corrected chi connectivity index (χ2v) is 8.39. The maximum atomic E-state index is 13.2. The van der Waals surface area contributed by atoms with Crippen LogP contribution in [-0.2, 0) is 9.59 Å². The standard InChI is InChI=1S/C27H26N2O4/c1-16(2)33-22-12-11-19(14-18(22)4)25(30)23-24(20-9-7-13-28-15-20)29(27(32)26(23)31)21-10-6-5-8-17(21)3/h5-16,24,30H,1-4H3/b25-23-. The Morgan fingerprint density at radius 3 is 2.42 bits per heavy atom. The van der Waals surface area contributed by atoms with Gasteiger partial charge in [0.2, 0.25) is 0 Å². The van der Waals surface area contributed by atoms with E-state index in [1.807, 2.05) is 45.9 Å². The predicted octanol–water partition coefficient (Wildman–Crippen LogP) is 5.11. The second kappa shape index (κ2) is 8.90. The maximum absolute atomic E-state index is 13.2. The number of aryl methyl sites for hydroxylation is 2. The van der Waals surface area contributed by atoms with Crippen molar-refractivity contribution in [2.45, 2.75) is 39.8 Å². The third-order valence-corrected chi connectivity index (χ3v) is 5.63. The highest BCUT2D eigenvalue weighted by Crippen LogP contribution is 2.43. The molecule has 168 valence electrons. The Balaban J connectivity index is 1.90. The normalized spacial score (nSPS) is 17.6. The highest BCUT2D eigenvalue weighted by atomic mass is 16.5. The Morgan fingerprint density at radius 1 is 1.03 bits per heavy atom. The van der Waals surface area contributed by atoms with Crippen LogP contribution >= 0.6 is 0 Å². The summed E-state index contributed by atoms with van der Waals surface area (Å²) in [5.41, 5.74) is 3.40. The monoisotopic (exact) mass is 442 g/mol. The fourth-order valence-corrected chi connectivity index (χ4v) is 4.11. The number of benzene rings is 2. The molecule has 0 aliphatic carbocycles. The van der Waals surface area contributed by atoms with Crippen LogP contribution < -0.4 is 9.64 Å². The van der Waals surface area contributed by atoms with Gasteiger partial charge in [0.25, 0.3) is 11.7 Å². The van der Waals surface area contributed by atoms with Crippen LogP contribution in [0.4, 0.5) is 5.69 Å². The molecule has 0 radical (unpaired) electrons. The zero-order chi connectivity index (χ0) is 23.7. The van der Waals surface area contributed by atoms with Gasteiger partial charge in [0.1, 0.15) is 11.5 Å². The van der Waals surface area contributed by atoms with Gasteiger partial charge in [-0.1, -0.05) is 24.3 Å². The van der Waals surface area contributed by atoms with E-state index >= 15 is 0 Å². The summed E-state index contributed by atoms with van der Waals surface area (Å²) < 4.78 is 5.79. The zero-order valence-electron chi connectivity index (χ0n) is 19.1. The minimum Gasteiger partial charge on any atom is -0.507 e. The average Bonchev–Trinajstić information content (AvgIpc) is 3.06. The number of aromatic nitrogens is 1. The van der Waals surface area contributed by atoms with Gasteiger partial charge < -0.3 is 9.84 Å². The third kappa shape index (κ3) is 4.12. The molecule has 1 atom stereocenters. The maximum Gasteiger partial charge on any atom is 0.300 e. The van der Waals surface area contributed by atoms with Crippen molar-refractivity contribution in [1.82, 2.24) is 4.98 Å². The van der Waals surface area contributed by atoms with Gasteiger partial charge in [-0.2, -0.15) is 0 Å². The van der Waals surface area contributed by atoms with Gasteiger partial charge in [-0.05, 0) is 74.7 Å². The van der Waals surface area contributed by atoms with E-state index in [0.29, 0.717) is 22.6 Å². The lowest BCUT2D eigenvalue weighted by molar-refractivity contribution is -0.132. The molecular weight excluding hydrogens is 416 g/mol. The molecule has 0 bridgehead atoms. The zero-order valence-corrected chi connectivity index (χ0v) is 19.1. The molecular formula is C27H26N2O4. The topological polar surface area (TPSA) is 79.7 Å². The van der Waals surface area contributed by atoms with Gasteiger partial charge in [-0.15, -0.1) is 0 Å². The Bertz CT molecular complexity index is 1250. The smallest absolute Gasteiger partial charge is 0.300 e. The summed E-state index contributed by atoms with van der Waals surface area (Å²) in [5.74, 6) is -0.941. The lowest BCUT2D eigenvalue weighted by Gasteiger charge is -2.26. The van der Waals surface area contributed by atoms with Crippen LogP contribution in [0.3, 0.4) is 0 Å². The van der Waals surface area contributed by atoms with Crippen molar-refractivity contribution in [3.63, 3.8) is 0 Å². The van der Waals surface area contributed by atoms with Crippen LogP contribution in [0.25, 0.3) is 5.76 Å². The average molecular weight is 443 g/mol. The minimum atomic E-state index is -0.799. The molecule has 1 aliphatic heterocycles. The number of amides is 1. The number of ether oxygens (including phenoxy) is 1. The number of aliphatic hydroxyl groups excluding tert-OH is 1. The first-order chi connectivity index (χ1) is 15.8. The largest absolute Gasteiger partial charge is 0.507 e. The molecule has 4 rings (SSSR count). The Hall–Kier alpha value is -3.93. The minimum absolute atomic E-state index is 0.00756. The first-order valence-corrected chi connectivity index (χ1v) is 10.8. The predicted molar refractivity (Wildman–Crippen MR) is 127 cm³/mol. The number of hydrogen-bond donors (Lipinski definition) is 1. The third-order valence-electron chi connectivity index (χ3n) is 5.63. The number of nitrogens with zero attached hydrogens (tertiary/aromatic N) is 2. The second-order valence-electron chi connectivity index (χ2n) is 8.39. The number of para-hydroxylation sites is 1. The van der Waals surface area contributed by atoms with Gasteiger partial charge >= 0.3 is 0 Å². The summed E-state index contributed by atoms with van der Waals surface area (Å²) >= 11 is 0. The summed E-state index contributed by atoms with van der Waals surface area (Å²) in [6.45, 7) is 7.63. The molecule has 1 amide bonds. The van der Waals surface area contributed by atoms with E-state index in [1.165, 1.54) is 4.90 Å². The van der Waals surface area contributed by atoms with Crippen molar-refractivity contribution in [2.24, 2.45) is 0 Å². The number of aliphatic hydroxyl groups is 1. The molecule has 1 aliphatic rings. The van der Waals surface area contributed by atoms with Gasteiger partial charge in [-0.3, -0.25) is 19.5 Å². The van der Waals surface area contributed by atoms with Crippen LogP contribution in [0.15, 0.2) is 72.6 Å². The first kappa shape index (κ1) is 22.3. The molecule has 6 nitrogen and oxygen atoms in total. The number of anilines is 1. The van der Waals surface area contributed by atoms with Crippen LogP contribution in [0, 0.1) is 13.8 Å². The number of pyridine rings is 1. The van der Waals surface area contributed by atoms with Crippen molar-refractivity contribution in [3.8, 4) is 5.75 Å². The highest BCUT2D eigenvalue weighted by molar-refractivity contribution is 6.51. The molecule has 2 aromatic carbocycles. The fourth-order valence-electron chi connectivity index (χ4n) is 4.11. The van der Waals surface area contributed by atoms with E-state index in [0.717, 1.165) is 11.1 Å². The SMILES string of the molecule is Cc1cc(/C(O)=C2/C(=O)C(=O)N(c3ccccc3C)C2c2cccnc2)ccc1OC(C)C. The highest BCUT2D eigenvalue weighted by Gasteiger charge is 2.47. The number of Topliss-reactive ketones (excluding diaryl/α,β-unsaturated/α-hetero) is 1. The lowest BCUT2D eigenvalue weighted by Crippen LogP contribution is -2.30. The molecule has 0 spiro atoms. The summed E-state index contributed by atoms with van der Waals surface area (Å²) in [5, 5.41) is 11.3. The van der Waals surface area contributed by atoms with Crippen LogP contribution in [0.2, 0.25) is 0 Å². The van der Waals surface area contributed by atoms with E-state index in [-0.39, 0.29) is 17.4 Å². The van der Waals surface area contributed by atoms with Gasteiger partial charge in [0.15, 0.2) is 0 Å². The van der Waals surface area contributed by atoms with Crippen molar-refractivity contribution in [2.75, 3.05) is 4.90 Å². The van der Waals surface area contributed by atoms with E-state index < -0.39 is 17.7 Å². The number of ketones is 1. The number of carbonyl (C=O) groups excluding carboxylic acids is 2. The number of hydrogen-bond acceptors (Lipinski definition) is 5. The van der Waals surface area contributed by atoms with E-state index in [4.69, 9.17) is 4.74 Å². The molecule has 0 saturated carbocycles. The Morgan fingerprint density at radius 2 is 1.79 bits per heavy atom. The molecule has 1 saturated heterocycles. The Labute approximate surface area is 193 Å².